The molecule has 4 nitrogen and oxygen atoms in total. The topological polar surface area (TPSA) is 43.6 Å². The fourth-order valence-corrected chi connectivity index (χ4v) is 5.99. The fraction of sp³-hybridized carbons (Fsp3) is 0. The zero-order valence-electron chi connectivity index (χ0n) is 23.6. The minimum absolute atomic E-state index is 0.584. The van der Waals surface area contributed by atoms with E-state index in [-0.39, 0.29) is 0 Å². The Balaban J connectivity index is 1.21. The SMILES string of the molecule is Clc1cccc(-c2nc(-c3ccccc3)nc(-c3ccc(-c4ccc5c(c4)c4ccccc4n5-c4ccccc4)cc3)n2)c1. The molecule has 44 heavy (non-hydrogen) atoms. The summed E-state index contributed by atoms with van der Waals surface area (Å²) in [7, 11) is 0. The van der Waals surface area contributed by atoms with Crippen LogP contribution in [0.2, 0.25) is 5.02 Å². The highest BCUT2D eigenvalue weighted by Gasteiger charge is 2.15. The van der Waals surface area contributed by atoms with Crippen molar-refractivity contribution in [2.75, 3.05) is 0 Å². The first-order valence-corrected chi connectivity index (χ1v) is 14.9. The molecule has 0 amide bonds. The summed E-state index contributed by atoms with van der Waals surface area (Å²) >= 11 is 6.31. The van der Waals surface area contributed by atoms with Crippen LogP contribution in [-0.4, -0.2) is 19.5 Å². The van der Waals surface area contributed by atoms with Gasteiger partial charge in [0.15, 0.2) is 17.5 Å². The molecule has 0 N–H and O–H groups in total. The normalized spacial score (nSPS) is 11.3. The minimum Gasteiger partial charge on any atom is -0.309 e. The molecule has 0 aliphatic rings. The van der Waals surface area contributed by atoms with Crippen molar-refractivity contribution in [3.8, 4) is 51.0 Å². The van der Waals surface area contributed by atoms with Gasteiger partial charge in [-0.3, -0.25) is 0 Å². The monoisotopic (exact) mass is 584 g/mol. The van der Waals surface area contributed by atoms with Crippen LogP contribution >= 0.6 is 11.6 Å². The molecular weight excluding hydrogens is 560 g/mol. The lowest BCUT2D eigenvalue weighted by Gasteiger charge is -2.10. The molecule has 8 rings (SSSR count). The molecule has 5 heteroatoms. The summed E-state index contributed by atoms with van der Waals surface area (Å²) in [6.45, 7) is 0. The van der Waals surface area contributed by atoms with E-state index in [1.54, 1.807) is 0 Å². The zero-order valence-corrected chi connectivity index (χ0v) is 24.4. The predicted octanol–water partition coefficient (Wildman–Crippen LogP) is 10.3. The number of aromatic nitrogens is 4. The van der Waals surface area contributed by atoms with Gasteiger partial charge in [-0.2, -0.15) is 0 Å². The molecule has 8 aromatic rings. The smallest absolute Gasteiger partial charge is 0.164 e. The lowest BCUT2D eigenvalue weighted by atomic mass is 10.0. The van der Waals surface area contributed by atoms with E-state index in [0.29, 0.717) is 22.5 Å². The van der Waals surface area contributed by atoms with Crippen LogP contribution in [0.4, 0.5) is 0 Å². The zero-order chi connectivity index (χ0) is 29.5. The van der Waals surface area contributed by atoms with E-state index in [4.69, 9.17) is 26.6 Å². The first-order chi connectivity index (χ1) is 21.7. The summed E-state index contributed by atoms with van der Waals surface area (Å²) in [6, 6.07) is 51.8. The number of halogens is 1. The van der Waals surface area contributed by atoms with E-state index in [1.165, 1.54) is 21.8 Å². The van der Waals surface area contributed by atoms with Crippen molar-refractivity contribution in [1.29, 1.82) is 0 Å². The maximum atomic E-state index is 6.31. The summed E-state index contributed by atoms with van der Waals surface area (Å²) in [5.41, 5.74) is 8.50. The van der Waals surface area contributed by atoms with Crippen LogP contribution in [0.1, 0.15) is 0 Å². The third-order valence-electron chi connectivity index (χ3n) is 7.91. The van der Waals surface area contributed by atoms with Crippen molar-refractivity contribution >= 4 is 33.4 Å². The van der Waals surface area contributed by atoms with Gasteiger partial charge in [0.25, 0.3) is 0 Å². The van der Waals surface area contributed by atoms with Gasteiger partial charge >= 0.3 is 0 Å². The molecule has 6 aromatic carbocycles. The van der Waals surface area contributed by atoms with Crippen molar-refractivity contribution in [3.05, 3.63) is 157 Å². The van der Waals surface area contributed by atoms with Crippen LogP contribution in [0.3, 0.4) is 0 Å². The Morgan fingerprint density at radius 2 is 0.932 bits per heavy atom. The Kier molecular flexibility index (Phi) is 6.47. The Bertz CT molecular complexity index is 2270. The highest BCUT2D eigenvalue weighted by atomic mass is 35.5. The third kappa shape index (κ3) is 4.72. The van der Waals surface area contributed by atoms with Crippen molar-refractivity contribution in [2.24, 2.45) is 0 Å². The number of fused-ring (bicyclic) bond motifs is 3. The Morgan fingerprint density at radius 3 is 1.66 bits per heavy atom. The first-order valence-electron chi connectivity index (χ1n) is 14.5. The van der Waals surface area contributed by atoms with E-state index < -0.39 is 0 Å². The van der Waals surface area contributed by atoms with Crippen LogP contribution in [0.5, 0.6) is 0 Å². The quantitative estimate of drug-likeness (QED) is 0.202. The van der Waals surface area contributed by atoms with Crippen LogP contribution in [-0.2, 0) is 0 Å². The van der Waals surface area contributed by atoms with Gasteiger partial charge in [0.2, 0.25) is 0 Å². The summed E-state index contributed by atoms with van der Waals surface area (Å²) in [5, 5.41) is 3.10. The number of hydrogen-bond donors (Lipinski definition) is 0. The largest absolute Gasteiger partial charge is 0.309 e. The summed E-state index contributed by atoms with van der Waals surface area (Å²) in [4.78, 5) is 14.5. The standard InChI is InChI=1S/C39H25ClN4/c40-31-13-9-12-30(24-31)39-42-37(27-10-3-1-4-11-27)41-38(43-39)28-20-18-26(19-21-28)29-22-23-36-34(25-29)33-16-7-8-17-35(33)44(36)32-14-5-2-6-15-32/h1-25H. The molecular formula is C39H25ClN4. The van der Waals surface area contributed by atoms with Crippen molar-refractivity contribution < 1.29 is 0 Å². The number of para-hydroxylation sites is 2. The summed E-state index contributed by atoms with van der Waals surface area (Å²) in [6.07, 6.45) is 0. The van der Waals surface area contributed by atoms with Gasteiger partial charge in [-0.1, -0.05) is 121 Å². The molecule has 0 aliphatic carbocycles. The number of nitrogens with zero attached hydrogens (tertiary/aromatic N) is 4. The molecule has 0 bridgehead atoms. The molecule has 0 unspecified atom stereocenters. The summed E-state index contributed by atoms with van der Waals surface area (Å²) in [5.74, 6) is 1.82. The second-order valence-corrected chi connectivity index (χ2v) is 11.1. The van der Waals surface area contributed by atoms with E-state index in [0.717, 1.165) is 33.5 Å². The maximum absolute atomic E-state index is 6.31. The Labute approximate surface area is 259 Å². The fourth-order valence-electron chi connectivity index (χ4n) is 5.80. The van der Waals surface area contributed by atoms with Gasteiger partial charge in [0.05, 0.1) is 11.0 Å². The average molecular weight is 585 g/mol. The minimum atomic E-state index is 0.584. The van der Waals surface area contributed by atoms with Crippen LogP contribution in [0.25, 0.3) is 72.8 Å². The van der Waals surface area contributed by atoms with Gasteiger partial charge in [0, 0.05) is 38.2 Å². The first kappa shape index (κ1) is 26.1. The number of rotatable bonds is 5. The van der Waals surface area contributed by atoms with E-state index in [9.17, 15) is 0 Å². The molecule has 0 spiro atoms. The molecule has 2 aromatic heterocycles. The molecule has 0 radical (unpaired) electrons. The highest BCUT2D eigenvalue weighted by molar-refractivity contribution is 6.30. The van der Waals surface area contributed by atoms with Gasteiger partial charge in [-0.15, -0.1) is 0 Å². The van der Waals surface area contributed by atoms with Gasteiger partial charge in [-0.25, -0.2) is 15.0 Å². The van der Waals surface area contributed by atoms with Gasteiger partial charge in [-0.05, 0) is 53.6 Å². The Hall–Kier alpha value is -5.58. The lowest BCUT2D eigenvalue weighted by molar-refractivity contribution is 1.07. The van der Waals surface area contributed by atoms with Crippen LogP contribution < -0.4 is 0 Å². The van der Waals surface area contributed by atoms with E-state index in [2.05, 4.69) is 102 Å². The van der Waals surface area contributed by atoms with Gasteiger partial charge in [0.1, 0.15) is 0 Å². The summed E-state index contributed by atoms with van der Waals surface area (Å²) < 4.78 is 2.33. The molecule has 0 atom stereocenters. The van der Waals surface area contributed by atoms with Crippen LogP contribution in [0, 0.1) is 0 Å². The van der Waals surface area contributed by atoms with Crippen LogP contribution in [0.15, 0.2) is 152 Å². The van der Waals surface area contributed by atoms with Crippen molar-refractivity contribution in [2.45, 2.75) is 0 Å². The number of hydrogen-bond acceptors (Lipinski definition) is 3. The van der Waals surface area contributed by atoms with E-state index >= 15 is 0 Å². The molecule has 0 saturated carbocycles. The Morgan fingerprint density at radius 1 is 0.386 bits per heavy atom. The molecule has 2 heterocycles. The second-order valence-electron chi connectivity index (χ2n) is 10.7. The molecule has 208 valence electrons. The number of benzene rings is 6. The molecule has 0 saturated heterocycles. The van der Waals surface area contributed by atoms with Crippen molar-refractivity contribution in [3.63, 3.8) is 0 Å². The lowest BCUT2D eigenvalue weighted by Crippen LogP contribution is -2.00. The van der Waals surface area contributed by atoms with E-state index in [1.807, 2.05) is 54.6 Å². The second kappa shape index (κ2) is 10.9. The van der Waals surface area contributed by atoms with Gasteiger partial charge < -0.3 is 4.57 Å². The predicted molar refractivity (Wildman–Crippen MR) is 181 cm³/mol. The van der Waals surface area contributed by atoms with Crippen molar-refractivity contribution in [1.82, 2.24) is 19.5 Å². The highest BCUT2D eigenvalue weighted by Crippen LogP contribution is 2.35. The third-order valence-corrected chi connectivity index (χ3v) is 8.15. The molecule has 0 fully saturated rings. The molecule has 0 aliphatic heterocycles. The average Bonchev–Trinajstić information content (AvgIpc) is 3.43. The maximum Gasteiger partial charge on any atom is 0.164 e.